The Balaban J connectivity index is 2.73. The predicted octanol–water partition coefficient (Wildman–Crippen LogP) is 3.63. The summed E-state index contributed by atoms with van der Waals surface area (Å²) < 4.78 is 5.39. The van der Waals surface area contributed by atoms with Crippen molar-refractivity contribution in [3.05, 3.63) is 28.8 Å². The van der Waals surface area contributed by atoms with Gasteiger partial charge in [0.2, 0.25) is 0 Å². The van der Waals surface area contributed by atoms with E-state index in [0.717, 1.165) is 29.3 Å². The molecule has 0 spiro atoms. The molecule has 2 nitrogen and oxygen atoms in total. The van der Waals surface area contributed by atoms with E-state index < -0.39 is 0 Å². The molecule has 3 heteroatoms. The minimum absolute atomic E-state index is 0.200. The van der Waals surface area contributed by atoms with E-state index in [1.165, 1.54) is 0 Å². The van der Waals surface area contributed by atoms with Crippen LogP contribution < -0.4 is 10.1 Å². The van der Waals surface area contributed by atoms with Gasteiger partial charge in [0.15, 0.2) is 0 Å². The molecule has 0 bridgehead atoms. The van der Waals surface area contributed by atoms with Crippen LogP contribution in [0.2, 0.25) is 5.02 Å². The fraction of sp³-hybridized carbons (Fsp3) is 0.625. The van der Waals surface area contributed by atoms with Gasteiger partial charge >= 0.3 is 0 Å². The van der Waals surface area contributed by atoms with E-state index in [1.807, 2.05) is 18.2 Å². The maximum Gasteiger partial charge on any atom is 0.127 e. The van der Waals surface area contributed by atoms with E-state index in [4.69, 9.17) is 16.3 Å². The molecule has 0 radical (unpaired) electrons. The number of halogens is 1. The fourth-order valence-corrected chi connectivity index (χ4v) is 2.93. The van der Waals surface area contributed by atoms with Gasteiger partial charge in [0.05, 0.1) is 12.6 Å². The van der Waals surface area contributed by atoms with Gasteiger partial charge < -0.3 is 10.1 Å². The van der Waals surface area contributed by atoms with Gasteiger partial charge in [0, 0.05) is 17.0 Å². The highest BCUT2D eigenvalue weighted by molar-refractivity contribution is 6.30. The molecule has 1 aromatic carbocycles. The summed E-state index contributed by atoms with van der Waals surface area (Å²) in [5.41, 5.74) is 1.68. The average molecular weight is 285 g/mol. The van der Waals surface area contributed by atoms with E-state index in [9.17, 15) is 0 Å². The zero-order chi connectivity index (χ0) is 14.7. The van der Waals surface area contributed by atoms with Crippen molar-refractivity contribution < 1.29 is 10.1 Å². The standard InChI is InChI=1S/C16H26ClNO/c1-15(2,3)11-16(4,5)18-10-12-9-13(17)7-8-14(12)19-6/h7-9,18H,10-11H2,1-6H3/p+1. The van der Waals surface area contributed by atoms with E-state index >= 15 is 0 Å². The molecule has 19 heavy (non-hydrogen) atoms. The normalized spacial score (nSPS) is 12.6. The number of benzene rings is 1. The number of rotatable bonds is 5. The smallest absolute Gasteiger partial charge is 0.127 e. The molecule has 0 saturated carbocycles. The van der Waals surface area contributed by atoms with Crippen LogP contribution in [0, 0.1) is 5.41 Å². The molecule has 2 N–H and O–H groups in total. The minimum Gasteiger partial charge on any atom is -0.496 e. The Labute approximate surface area is 122 Å². The third kappa shape index (κ3) is 5.84. The lowest BCUT2D eigenvalue weighted by Crippen LogP contribution is -2.94. The summed E-state index contributed by atoms with van der Waals surface area (Å²) in [6.07, 6.45) is 1.16. The first-order chi connectivity index (χ1) is 8.63. The van der Waals surface area contributed by atoms with Crippen LogP contribution in [-0.4, -0.2) is 12.6 Å². The SMILES string of the molecule is COc1ccc(Cl)cc1C[NH2+]C(C)(C)CC(C)(C)C. The zero-order valence-corrected chi connectivity index (χ0v) is 13.8. The van der Waals surface area contributed by atoms with Gasteiger partial charge in [-0.05, 0) is 37.5 Å². The topological polar surface area (TPSA) is 25.8 Å². The average Bonchev–Trinajstić information content (AvgIpc) is 2.23. The molecular weight excluding hydrogens is 258 g/mol. The summed E-state index contributed by atoms with van der Waals surface area (Å²) >= 11 is 6.06. The van der Waals surface area contributed by atoms with Gasteiger partial charge in [-0.3, -0.25) is 0 Å². The first-order valence-corrected chi connectivity index (χ1v) is 7.17. The summed E-state index contributed by atoms with van der Waals surface area (Å²) in [7, 11) is 1.70. The zero-order valence-electron chi connectivity index (χ0n) is 13.0. The maximum atomic E-state index is 6.06. The first kappa shape index (κ1) is 16.3. The van der Waals surface area contributed by atoms with Gasteiger partial charge in [0.1, 0.15) is 12.3 Å². The van der Waals surface area contributed by atoms with Crippen molar-refractivity contribution in [2.45, 2.75) is 53.1 Å². The largest absolute Gasteiger partial charge is 0.496 e. The third-order valence-electron chi connectivity index (χ3n) is 3.10. The van der Waals surface area contributed by atoms with Gasteiger partial charge in [-0.2, -0.15) is 0 Å². The number of quaternary nitrogens is 1. The molecule has 0 heterocycles. The Morgan fingerprint density at radius 3 is 2.32 bits per heavy atom. The molecule has 1 aromatic rings. The Hall–Kier alpha value is -0.730. The van der Waals surface area contributed by atoms with Crippen molar-refractivity contribution in [1.82, 2.24) is 0 Å². The van der Waals surface area contributed by atoms with Crippen LogP contribution in [0.5, 0.6) is 5.75 Å². The Morgan fingerprint density at radius 1 is 1.16 bits per heavy atom. The minimum atomic E-state index is 0.200. The number of hydrogen-bond acceptors (Lipinski definition) is 1. The van der Waals surface area contributed by atoms with Crippen molar-refractivity contribution in [2.24, 2.45) is 5.41 Å². The highest BCUT2D eigenvalue weighted by Crippen LogP contribution is 2.25. The molecular formula is C16H27ClNO+. The second-order valence-electron chi connectivity index (χ2n) is 7.09. The number of ether oxygens (including phenoxy) is 1. The summed E-state index contributed by atoms with van der Waals surface area (Å²) in [4.78, 5) is 0. The van der Waals surface area contributed by atoms with Crippen LogP contribution in [0.1, 0.15) is 46.6 Å². The highest BCUT2D eigenvalue weighted by atomic mass is 35.5. The van der Waals surface area contributed by atoms with Crippen molar-refractivity contribution in [3.63, 3.8) is 0 Å². The number of methoxy groups -OCH3 is 1. The van der Waals surface area contributed by atoms with Gasteiger partial charge in [-0.1, -0.05) is 32.4 Å². The van der Waals surface area contributed by atoms with Gasteiger partial charge in [-0.25, -0.2) is 0 Å². The Bertz CT molecular complexity index is 421. The molecule has 108 valence electrons. The quantitative estimate of drug-likeness (QED) is 0.878. The maximum absolute atomic E-state index is 6.06. The van der Waals surface area contributed by atoms with Crippen molar-refractivity contribution in [2.75, 3.05) is 7.11 Å². The summed E-state index contributed by atoms with van der Waals surface area (Å²) in [6.45, 7) is 12.3. The highest BCUT2D eigenvalue weighted by Gasteiger charge is 2.28. The summed E-state index contributed by atoms with van der Waals surface area (Å²) in [5, 5.41) is 3.13. The van der Waals surface area contributed by atoms with Gasteiger partial charge in [-0.15, -0.1) is 0 Å². The van der Waals surface area contributed by atoms with Crippen LogP contribution >= 0.6 is 11.6 Å². The molecule has 0 aliphatic carbocycles. The summed E-state index contributed by atoms with van der Waals surface area (Å²) in [6, 6.07) is 5.79. The molecule has 0 aliphatic heterocycles. The van der Waals surface area contributed by atoms with Crippen molar-refractivity contribution in [3.8, 4) is 5.75 Å². The lowest BCUT2D eigenvalue weighted by molar-refractivity contribution is -0.737. The van der Waals surface area contributed by atoms with Crippen LogP contribution in [0.4, 0.5) is 0 Å². The molecule has 0 aliphatic rings. The van der Waals surface area contributed by atoms with Crippen LogP contribution in [0.15, 0.2) is 18.2 Å². The fourth-order valence-electron chi connectivity index (χ4n) is 2.73. The number of nitrogens with two attached hydrogens (primary N) is 1. The molecule has 0 amide bonds. The molecule has 1 rings (SSSR count). The second kappa shape index (κ2) is 6.15. The van der Waals surface area contributed by atoms with Gasteiger partial charge in [0.25, 0.3) is 0 Å². The van der Waals surface area contributed by atoms with Crippen LogP contribution in [-0.2, 0) is 6.54 Å². The molecule has 0 unspecified atom stereocenters. The molecule has 0 atom stereocenters. The van der Waals surface area contributed by atoms with E-state index in [0.29, 0.717) is 5.41 Å². The van der Waals surface area contributed by atoms with E-state index in [-0.39, 0.29) is 5.54 Å². The third-order valence-corrected chi connectivity index (χ3v) is 3.34. The lowest BCUT2D eigenvalue weighted by atomic mass is 9.82. The number of hydrogen-bond donors (Lipinski definition) is 1. The van der Waals surface area contributed by atoms with Crippen molar-refractivity contribution in [1.29, 1.82) is 0 Å². The predicted molar refractivity (Wildman–Crippen MR) is 81.8 cm³/mol. The Kier molecular flexibility index (Phi) is 5.28. The monoisotopic (exact) mass is 284 g/mol. The molecule has 0 fully saturated rings. The van der Waals surface area contributed by atoms with Crippen LogP contribution in [0.25, 0.3) is 0 Å². The van der Waals surface area contributed by atoms with Crippen molar-refractivity contribution >= 4 is 11.6 Å². The van der Waals surface area contributed by atoms with E-state index in [2.05, 4.69) is 39.9 Å². The molecule has 0 aromatic heterocycles. The lowest BCUT2D eigenvalue weighted by Gasteiger charge is -2.30. The Morgan fingerprint density at radius 2 is 1.79 bits per heavy atom. The van der Waals surface area contributed by atoms with Crippen LogP contribution in [0.3, 0.4) is 0 Å². The summed E-state index contributed by atoms with van der Waals surface area (Å²) in [5.74, 6) is 0.909. The molecule has 0 saturated heterocycles. The second-order valence-corrected chi connectivity index (χ2v) is 7.53. The van der Waals surface area contributed by atoms with E-state index in [1.54, 1.807) is 7.11 Å². The first-order valence-electron chi connectivity index (χ1n) is 6.80.